The molecular formula is C20H17FN2O2S. The van der Waals surface area contributed by atoms with Crippen LogP contribution < -0.4 is 10.6 Å². The van der Waals surface area contributed by atoms with E-state index in [4.69, 9.17) is 0 Å². The molecule has 0 saturated carbocycles. The first kappa shape index (κ1) is 17.8. The molecule has 2 aromatic carbocycles. The summed E-state index contributed by atoms with van der Waals surface area (Å²) in [5.41, 5.74) is 1.28. The maximum atomic E-state index is 14.0. The second-order valence-electron chi connectivity index (χ2n) is 5.77. The first-order valence-corrected chi connectivity index (χ1v) is 8.84. The number of hydrogen-bond acceptors (Lipinski definition) is 3. The average molecular weight is 368 g/mol. The number of anilines is 2. The molecule has 0 saturated heterocycles. The molecular weight excluding hydrogens is 351 g/mol. The fraction of sp³-hybridized carbons (Fsp3) is 0.100. The van der Waals surface area contributed by atoms with Crippen LogP contribution in [0.2, 0.25) is 0 Å². The van der Waals surface area contributed by atoms with Gasteiger partial charge < -0.3 is 10.6 Å². The molecule has 0 atom stereocenters. The van der Waals surface area contributed by atoms with Crippen molar-refractivity contribution >= 4 is 34.5 Å². The van der Waals surface area contributed by atoms with E-state index in [9.17, 15) is 14.0 Å². The lowest BCUT2D eigenvalue weighted by Crippen LogP contribution is -2.16. The molecule has 0 bridgehead atoms. The molecule has 26 heavy (non-hydrogen) atoms. The van der Waals surface area contributed by atoms with Crippen LogP contribution in [0.15, 0.2) is 60.7 Å². The summed E-state index contributed by atoms with van der Waals surface area (Å²) in [6.07, 6.45) is 0.144. The number of benzene rings is 2. The highest BCUT2D eigenvalue weighted by Gasteiger charge is 2.12. The van der Waals surface area contributed by atoms with Gasteiger partial charge in [-0.25, -0.2) is 4.39 Å². The number of hydrogen-bond donors (Lipinski definition) is 2. The van der Waals surface area contributed by atoms with E-state index < -0.39 is 5.82 Å². The molecule has 0 aliphatic carbocycles. The summed E-state index contributed by atoms with van der Waals surface area (Å²) in [5.74, 6) is -1.15. The number of amides is 2. The molecule has 3 rings (SSSR count). The van der Waals surface area contributed by atoms with E-state index in [2.05, 4.69) is 10.6 Å². The van der Waals surface area contributed by atoms with Crippen LogP contribution in [0.1, 0.15) is 20.1 Å². The first-order chi connectivity index (χ1) is 12.5. The number of carbonyl (C=O) groups excluding carboxylic acids is 2. The lowest BCUT2D eigenvalue weighted by atomic mass is 10.1. The van der Waals surface area contributed by atoms with Crippen LogP contribution in [-0.4, -0.2) is 11.8 Å². The number of halogens is 1. The van der Waals surface area contributed by atoms with Crippen molar-refractivity contribution in [2.24, 2.45) is 0 Å². The van der Waals surface area contributed by atoms with E-state index in [1.54, 1.807) is 6.07 Å². The molecule has 4 nitrogen and oxygen atoms in total. The Morgan fingerprint density at radius 3 is 2.46 bits per heavy atom. The van der Waals surface area contributed by atoms with Crippen LogP contribution in [-0.2, 0) is 11.2 Å². The highest BCUT2D eigenvalue weighted by Crippen LogP contribution is 2.22. The summed E-state index contributed by atoms with van der Waals surface area (Å²) in [6.45, 7) is 1.92. The summed E-state index contributed by atoms with van der Waals surface area (Å²) in [7, 11) is 0. The molecule has 0 aliphatic rings. The van der Waals surface area contributed by atoms with Gasteiger partial charge in [0.05, 0.1) is 17.0 Å². The molecule has 3 aromatic rings. The first-order valence-electron chi connectivity index (χ1n) is 8.02. The van der Waals surface area contributed by atoms with Gasteiger partial charge in [-0.15, -0.1) is 11.3 Å². The highest BCUT2D eigenvalue weighted by atomic mass is 32.1. The third-order valence-corrected chi connectivity index (χ3v) is 4.67. The van der Waals surface area contributed by atoms with E-state index in [-0.39, 0.29) is 23.9 Å². The van der Waals surface area contributed by atoms with Crippen molar-refractivity contribution in [1.29, 1.82) is 0 Å². The van der Waals surface area contributed by atoms with Crippen molar-refractivity contribution in [3.63, 3.8) is 0 Å². The predicted molar refractivity (Wildman–Crippen MR) is 102 cm³/mol. The van der Waals surface area contributed by atoms with Gasteiger partial charge in [-0.05, 0) is 42.8 Å². The summed E-state index contributed by atoms with van der Waals surface area (Å²) >= 11 is 1.38. The Kier molecular flexibility index (Phi) is 5.43. The largest absolute Gasteiger partial charge is 0.323 e. The van der Waals surface area contributed by atoms with Crippen LogP contribution in [0, 0.1) is 12.7 Å². The fourth-order valence-corrected chi connectivity index (χ4v) is 3.19. The monoisotopic (exact) mass is 368 g/mol. The summed E-state index contributed by atoms with van der Waals surface area (Å²) in [4.78, 5) is 25.9. The average Bonchev–Trinajstić information content (AvgIpc) is 3.05. The number of thiophene rings is 1. The van der Waals surface area contributed by atoms with Crippen molar-refractivity contribution in [2.45, 2.75) is 13.3 Å². The quantitative estimate of drug-likeness (QED) is 0.690. The molecule has 1 heterocycles. The Labute approximate surface area is 154 Å². The van der Waals surface area contributed by atoms with Crippen LogP contribution in [0.4, 0.5) is 15.8 Å². The van der Waals surface area contributed by atoms with Gasteiger partial charge in [0.15, 0.2) is 0 Å². The van der Waals surface area contributed by atoms with Gasteiger partial charge in [0.1, 0.15) is 5.82 Å². The highest BCUT2D eigenvalue weighted by molar-refractivity contribution is 7.14. The zero-order valence-corrected chi connectivity index (χ0v) is 14.9. The van der Waals surface area contributed by atoms with Crippen molar-refractivity contribution < 1.29 is 14.0 Å². The van der Waals surface area contributed by atoms with E-state index in [0.29, 0.717) is 10.6 Å². The summed E-state index contributed by atoms with van der Waals surface area (Å²) in [5, 5.41) is 5.27. The standard InChI is InChI=1S/C20H17FN2O2S/c1-13-7-10-18(26-13)20(25)22-15-8-9-16(21)17(12-15)23-19(24)11-14-5-3-2-4-6-14/h2-10,12H,11H2,1H3,(H,22,25)(H,23,24). The molecule has 6 heteroatoms. The minimum absolute atomic E-state index is 0.0334. The lowest BCUT2D eigenvalue weighted by Gasteiger charge is -2.10. The van der Waals surface area contributed by atoms with E-state index in [1.165, 1.54) is 29.5 Å². The molecule has 132 valence electrons. The summed E-state index contributed by atoms with van der Waals surface area (Å²) < 4.78 is 14.0. The topological polar surface area (TPSA) is 58.2 Å². The van der Waals surface area contributed by atoms with Gasteiger partial charge in [-0.1, -0.05) is 30.3 Å². The Morgan fingerprint density at radius 2 is 1.77 bits per heavy atom. The maximum absolute atomic E-state index is 14.0. The number of carbonyl (C=O) groups is 2. The lowest BCUT2D eigenvalue weighted by molar-refractivity contribution is -0.115. The van der Waals surface area contributed by atoms with E-state index >= 15 is 0 Å². The molecule has 0 spiro atoms. The molecule has 2 N–H and O–H groups in total. The van der Waals surface area contributed by atoms with Crippen LogP contribution in [0.25, 0.3) is 0 Å². The minimum atomic E-state index is -0.559. The smallest absolute Gasteiger partial charge is 0.265 e. The van der Waals surface area contributed by atoms with Crippen LogP contribution in [0.3, 0.4) is 0 Å². The summed E-state index contributed by atoms with van der Waals surface area (Å²) in [6, 6.07) is 16.9. The van der Waals surface area contributed by atoms with Crippen molar-refractivity contribution in [1.82, 2.24) is 0 Å². The van der Waals surface area contributed by atoms with Gasteiger partial charge in [-0.2, -0.15) is 0 Å². The zero-order chi connectivity index (χ0) is 18.5. The third kappa shape index (κ3) is 4.55. The number of aryl methyl sites for hydroxylation is 1. The Hall–Kier alpha value is -2.99. The molecule has 0 unspecified atom stereocenters. The minimum Gasteiger partial charge on any atom is -0.323 e. The van der Waals surface area contributed by atoms with Gasteiger partial charge in [0.25, 0.3) is 5.91 Å². The van der Waals surface area contributed by atoms with E-state index in [0.717, 1.165) is 10.4 Å². The van der Waals surface area contributed by atoms with E-state index in [1.807, 2.05) is 43.3 Å². The number of rotatable bonds is 5. The van der Waals surface area contributed by atoms with Gasteiger partial charge in [-0.3, -0.25) is 9.59 Å². The number of nitrogens with one attached hydrogen (secondary N) is 2. The third-order valence-electron chi connectivity index (χ3n) is 3.67. The second-order valence-corrected chi connectivity index (χ2v) is 7.06. The molecule has 2 amide bonds. The van der Waals surface area contributed by atoms with Crippen LogP contribution >= 0.6 is 11.3 Å². The molecule has 0 fully saturated rings. The van der Waals surface area contributed by atoms with Gasteiger partial charge in [0.2, 0.25) is 5.91 Å². The van der Waals surface area contributed by atoms with Crippen molar-refractivity contribution in [3.05, 3.63) is 81.8 Å². The maximum Gasteiger partial charge on any atom is 0.265 e. The van der Waals surface area contributed by atoms with Crippen LogP contribution in [0.5, 0.6) is 0 Å². The van der Waals surface area contributed by atoms with Gasteiger partial charge >= 0.3 is 0 Å². The zero-order valence-electron chi connectivity index (χ0n) is 14.1. The Balaban J connectivity index is 1.69. The molecule has 0 aliphatic heterocycles. The van der Waals surface area contributed by atoms with Crippen molar-refractivity contribution in [2.75, 3.05) is 10.6 Å². The Bertz CT molecular complexity index is 938. The molecule has 1 aromatic heterocycles. The molecule has 0 radical (unpaired) electrons. The van der Waals surface area contributed by atoms with Crippen molar-refractivity contribution in [3.8, 4) is 0 Å². The fourth-order valence-electron chi connectivity index (χ4n) is 2.42. The predicted octanol–water partition coefficient (Wildman–Crippen LogP) is 4.63. The normalized spacial score (nSPS) is 10.4. The Morgan fingerprint density at radius 1 is 1.00 bits per heavy atom. The second kappa shape index (κ2) is 7.93. The SMILES string of the molecule is Cc1ccc(C(=O)Nc2ccc(F)c(NC(=O)Cc3ccccc3)c2)s1. The van der Waals surface area contributed by atoms with Gasteiger partial charge in [0, 0.05) is 10.6 Å².